The first kappa shape index (κ1) is 22.3. The first-order valence-electron chi connectivity index (χ1n) is 10.2. The summed E-state index contributed by atoms with van der Waals surface area (Å²) in [6, 6.07) is 18.6. The molecule has 4 nitrogen and oxygen atoms in total. The maximum atomic E-state index is 12.6. The molecule has 1 aliphatic rings. The Kier molecular flexibility index (Phi) is 6.01. The van der Waals surface area contributed by atoms with E-state index in [0.717, 1.165) is 12.1 Å². The summed E-state index contributed by atoms with van der Waals surface area (Å²) in [5, 5.41) is 9.51. The average Bonchev–Trinajstić information content (AvgIpc) is 3.60. The molecular formula is C26H19F3O4. The van der Waals surface area contributed by atoms with Crippen molar-refractivity contribution in [2.45, 2.75) is 24.4 Å². The number of para-hydroxylation sites is 2. The number of benzene rings is 3. The van der Waals surface area contributed by atoms with Crippen molar-refractivity contribution < 1.29 is 32.5 Å². The monoisotopic (exact) mass is 452 g/mol. The molecule has 0 heterocycles. The molecule has 0 radical (unpaired) electrons. The van der Waals surface area contributed by atoms with Crippen LogP contribution in [0.3, 0.4) is 0 Å². The summed E-state index contributed by atoms with van der Waals surface area (Å²) in [6.07, 6.45) is -3.18. The molecule has 0 bridgehead atoms. The second-order valence-electron chi connectivity index (χ2n) is 7.63. The molecule has 3 aromatic rings. The second-order valence-corrected chi connectivity index (χ2v) is 7.63. The summed E-state index contributed by atoms with van der Waals surface area (Å²) >= 11 is 0. The molecule has 0 saturated heterocycles. The SMILES string of the molecule is O=C(O)C1(c2cccc(Oc3ccccc3OCC#Cc3ccc(C(F)(F)F)cc3)c2)CC1. The standard InChI is InChI=1S/C26H19F3O4/c27-26(28,29)19-12-10-18(11-13-19)5-4-16-32-22-8-1-2-9-23(22)33-21-7-3-6-20(17-21)25(14-15-25)24(30)31/h1-3,6-13,17H,14-16H2,(H,30,31). The minimum atomic E-state index is -4.38. The van der Waals surface area contributed by atoms with E-state index in [0.29, 0.717) is 41.2 Å². The van der Waals surface area contributed by atoms with Gasteiger partial charge in [-0.1, -0.05) is 36.1 Å². The number of halogens is 3. The van der Waals surface area contributed by atoms with Gasteiger partial charge in [0, 0.05) is 5.56 Å². The fraction of sp³-hybridized carbons (Fsp3) is 0.192. The molecule has 1 aliphatic carbocycles. The van der Waals surface area contributed by atoms with E-state index >= 15 is 0 Å². The van der Waals surface area contributed by atoms with Crippen molar-refractivity contribution in [1.29, 1.82) is 0 Å². The number of carboxylic acids is 1. The molecule has 1 N–H and O–H groups in total. The summed E-state index contributed by atoms with van der Waals surface area (Å²) in [4.78, 5) is 11.6. The molecule has 1 fully saturated rings. The van der Waals surface area contributed by atoms with E-state index in [1.807, 2.05) is 0 Å². The Hall–Kier alpha value is -3.92. The highest BCUT2D eigenvalue weighted by molar-refractivity contribution is 5.85. The fourth-order valence-electron chi connectivity index (χ4n) is 3.38. The minimum absolute atomic E-state index is 0.00353. The van der Waals surface area contributed by atoms with Crippen LogP contribution in [0, 0.1) is 11.8 Å². The van der Waals surface area contributed by atoms with Crippen molar-refractivity contribution >= 4 is 5.97 Å². The molecule has 0 amide bonds. The van der Waals surface area contributed by atoms with Crippen LogP contribution in [-0.2, 0) is 16.4 Å². The van der Waals surface area contributed by atoms with Crippen LogP contribution >= 0.6 is 0 Å². The lowest BCUT2D eigenvalue weighted by atomic mass is 9.96. The van der Waals surface area contributed by atoms with Gasteiger partial charge in [-0.3, -0.25) is 4.79 Å². The maximum absolute atomic E-state index is 12.6. The predicted octanol–water partition coefficient (Wildman–Crippen LogP) is 6.04. The summed E-state index contributed by atoms with van der Waals surface area (Å²) in [5.41, 5.74) is -0.410. The number of hydrogen-bond donors (Lipinski definition) is 1. The average molecular weight is 452 g/mol. The topological polar surface area (TPSA) is 55.8 Å². The molecular weight excluding hydrogens is 433 g/mol. The van der Waals surface area contributed by atoms with Gasteiger partial charge in [0.05, 0.1) is 11.0 Å². The zero-order valence-electron chi connectivity index (χ0n) is 17.4. The first-order chi connectivity index (χ1) is 15.8. The van der Waals surface area contributed by atoms with Crippen molar-refractivity contribution in [2.75, 3.05) is 6.61 Å². The van der Waals surface area contributed by atoms with Gasteiger partial charge in [-0.2, -0.15) is 13.2 Å². The quantitative estimate of drug-likeness (QED) is 0.463. The van der Waals surface area contributed by atoms with E-state index in [1.54, 1.807) is 48.5 Å². The van der Waals surface area contributed by atoms with Crippen LogP contribution in [0.1, 0.15) is 29.5 Å². The molecule has 0 unspecified atom stereocenters. The highest BCUT2D eigenvalue weighted by atomic mass is 19.4. The Morgan fingerprint density at radius 3 is 2.30 bits per heavy atom. The molecule has 0 aliphatic heterocycles. The van der Waals surface area contributed by atoms with Crippen molar-refractivity contribution in [3.8, 4) is 29.1 Å². The molecule has 0 aromatic heterocycles. The van der Waals surface area contributed by atoms with Crippen LogP contribution in [0.2, 0.25) is 0 Å². The number of carboxylic acid groups (broad SMARTS) is 1. The Bertz CT molecular complexity index is 1220. The molecule has 33 heavy (non-hydrogen) atoms. The molecule has 1 saturated carbocycles. The number of hydrogen-bond acceptors (Lipinski definition) is 3. The smallest absolute Gasteiger partial charge is 0.416 e. The Labute approximate surface area is 188 Å². The molecule has 0 spiro atoms. The first-order valence-corrected chi connectivity index (χ1v) is 10.2. The summed E-state index contributed by atoms with van der Waals surface area (Å²) in [6.45, 7) is 0.00353. The minimum Gasteiger partial charge on any atom is -0.481 e. The van der Waals surface area contributed by atoms with E-state index in [2.05, 4.69) is 11.8 Å². The van der Waals surface area contributed by atoms with Gasteiger partial charge >= 0.3 is 12.1 Å². The lowest BCUT2D eigenvalue weighted by Crippen LogP contribution is -2.19. The van der Waals surface area contributed by atoms with Crippen molar-refractivity contribution in [3.63, 3.8) is 0 Å². The van der Waals surface area contributed by atoms with E-state index in [1.165, 1.54) is 12.1 Å². The number of aliphatic carboxylic acids is 1. The summed E-state index contributed by atoms with van der Waals surface area (Å²) in [5.74, 6) is 6.07. The van der Waals surface area contributed by atoms with E-state index in [9.17, 15) is 23.1 Å². The summed E-state index contributed by atoms with van der Waals surface area (Å²) < 4.78 is 49.5. The second kappa shape index (κ2) is 8.91. The third kappa shape index (κ3) is 5.12. The third-order valence-corrected chi connectivity index (χ3v) is 5.37. The lowest BCUT2D eigenvalue weighted by Gasteiger charge is -2.14. The molecule has 0 atom stereocenters. The Morgan fingerprint density at radius 2 is 1.67 bits per heavy atom. The number of ether oxygens (including phenoxy) is 2. The van der Waals surface area contributed by atoms with Gasteiger partial charge < -0.3 is 14.6 Å². The van der Waals surface area contributed by atoms with Crippen molar-refractivity contribution in [1.82, 2.24) is 0 Å². The Balaban J connectivity index is 1.42. The summed E-state index contributed by atoms with van der Waals surface area (Å²) in [7, 11) is 0. The van der Waals surface area contributed by atoms with Gasteiger partial charge in [0.15, 0.2) is 11.5 Å². The lowest BCUT2D eigenvalue weighted by molar-refractivity contribution is -0.140. The molecule has 3 aromatic carbocycles. The van der Waals surface area contributed by atoms with Crippen LogP contribution in [0.5, 0.6) is 17.2 Å². The predicted molar refractivity (Wildman–Crippen MR) is 115 cm³/mol. The maximum Gasteiger partial charge on any atom is 0.416 e. The van der Waals surface area contributed by atoms with Gasteiger partial charge in [-0.05, 0) is 66.9 Å². The zero-order valence-corrected chi connectivity index (χ0v) is 17.4. The van der Waals surface area contributed by atoms with Crippen molar-refractivity contribution in [2.24, 2.45) is 0 Å². The third-order valence-electron chi connectivity index (χ3n) is 5.37. The van der Waals surface area contributed by atoms with Crippen LogP contribution < -0.4 is 9.47 Å². The molecule has 4 rings (SSSR count). The van der Waals surface area contributed by atoms with Gasteiger partial charge in [0.2, 0.25) is 0 Å². The van der Waals surface area contributed by atoms with Gasteiger partial charge in [0.25, 0.3) is 0 Å². The molecule has 168 valence electrons. The number of carbonyl (C=O) groups is 1. The fourth-order valence-corrected chi connectivity index (χ4v) is 3.38. The van der Waals surface area contributed by atoms with Gasteiger partial charge in [-0.25, -0.2) is 0 Å². The van der Waals surface area contributed by atoms with Crippen LogP contribution in [0.4, 0.5) is 13.2 Å². The Morgan fingerprint density at radius 1 is 0.970 bits per heavy atom. The van der Waals surface area contributed by atoms with Gasteiger partial charge in [0.1, 0.15) is 12.4 Å². The highest BCUT2D eigenvalue weighted by Crippen LogP contribution is 2.49. The normalized spacial score (nSPS) is 14.0. The molecule has 7 heteroatoms. The van der Waals surface area contributed by atoms with Crippen LogP contribution in [-0.4, -0.2) is 17.7 Å². The highest BCUT2D eigenvalue weighted by Gasteiger charge is 2.51. The number of alkyl halides is 3. The van der Waals surface area contributed by atoms with Crippen LogP contribution in [0.25, 0.3) is 0 Å². The zero-order chi connectivity index (χ0) is 23.5. The van der Waals surface area contributed by atoms with Gasteiger partial charge in [-0.15, -0.1) is 0 Å². The largest absolute Gasteiger partial charge is 0.481 e. The number of rotatable bonds is 6. The van der Waals surface area contributed by atoms with Crippen molar-refractivity contribution in [3.05, 3.63) is 89.5 Å². The van der Waals surface area contributed by atoms with E-state index in [4.69, 9.17) is 9.47 Å². The van der Waals surface area contributed by atoms with E-state index < -0.39 is 23.1 Å². The van der Waals surface area contributed by atoms with Crippen LogP contribution in [0.15, 0.2) is 72.8 Å². The van der Waals surface area contributed by atoms with E-state index in [-0.39, 0.29) is 6.61 Å².